The number of phenols is 1. The van der Waals surface area contributed by atoms with Crippen LogP contribution in [0.15, 0.2) is 23.8 Å². The maximum absolute atomic E-state index is 10.0. The van der Waals surface area contributed by atoms with Gasteiger partial charge < -0.3 is 5.11 Å². The van der Waals surface area contributed by atoms with Crippen LogP contribution in [0, 0.1) is 12.8 Å². The van der Waals surface area contributed by atoms with Crippen molar-refractivity contribution < 1.29 is 5.11 Å². The summed E-state index contributed by atoms with van der Waals surface area (Å²) >= 11 is 0. The molecular weight excluding hydrogens is 256 g/mol. The second-order valence-corrected chi connectivity index (χ2v) is 7.19. The SMILES string of the molecule is CC(C)=CCC[C@H](C)[C@H]1CC[C@H](C)c2cc(O)c(C)cc21. The van der Waals surface area contributed by atoms with Gasteiger partial charge in [-0.1, -0.05) is 31.6 Å². The fourth-order valence-electron chi connectivity index (χ4n) is 3.65. The lowest BCUT2D eigenvalue weighted by Gasteiger charge is -2.34. The molecule has 0 aliphatic heterocycles. The van der Waals surface area contributed by atoms with E-state index >= 15 is 0 Å². The lowest BCUT2D eigenvalue weighted by Crippen LogP contribution is -2.19. The molecule has 0 aromatic heterocycles. The Labute approximate surface area is 130 Å². The average molecular weight is 286 g/mol. The van der Waals surface area contributed by atoms with Crippen molar-refractivity contribution in [1.82, 2.24) is 0 Å². The molecule has 0 saturated heterocycles. The standard InChI is InChI=1S/C20H30O/c1-13(2)7-6-8-14(3)17-10-9-15(4)18-12-20(21)16(5)11-19(17)18/h7,11-12,14-15,17,21H,6,8-10H2,1-5H3/t14-,15-,17+/m0/s1. The molecule has 2 rings (SSSR count). The Morgan fingerprint density at radius 1 is 1.29 bits per heavy atom. The van der Waals surface area contributed by atoms with E-state index in [1.165, 1.54) is 42.4 Å². The van der Waals surface area contributed by atoms with Crippen LogP contribution in [-0.4, -0.2) is 5.11 Å². The zero-order valence-corrected chi connectivity index (χ0v) is 14.2. The highest BCUT2D eigenvalue weighted by molar-refractivity contribution is 5.45. The Kier molecular flexibility index (Phi) is 5.13. The summed E-state index contributed by atoms with van der Waals surface area (Å²) in [5.74, 6) is 2.39. The first-order chi connectivity index (χ1) is 9.90. The summed E-state index contributed by atoms with van der Waals surface area (Å²) in [5, 5.41) is 10.0. The molecule has 0 unspecified atom stereocenters. The van der Waals surface area contributed by atoms with Gasteiger partial charge >= 0.3 is 0 Å². The molecule has 0 amide bonds. The van der Waals surface area contributed by atoms with E-state index in [4.69, 9.17) is 0 Å². The number of phenolic OH excluding ortho intramolecular Hbond substituents is 1. The van der Waals surface area contributed by atoms with Crippen LogP contribution in [0.2, 0.25) is 0 Å². The number of fused-ring (bicyclic) bond motifs is 1. The van der Waals surface area contributed by atoms with Gasteiger partial charge in [0.25, 0.3) is 0 Å². The zero-order chi connectivity index (χ0) is 15.6. The highest BCUT2D eigenvalue weighted by atomic mass is 16.3. The van der Waals surface area contributed by atoms with Crippen molar-refractivity contribution in [3.05, 3.63) is 40.5 Å². The van der Waals surface area contributed by atoms with Crippen LogP contribution in [0.5, 0.6) is 5.75 Å². The molecule has 1 aliphatic carbocycles. The van der Waals surface area contributed by atoms with Gasteiger partial charge in [0.2, 0.25) is 0 Å². The number of aromatic hydroxyl groups is 1. The predicted molar refractivity (Wildman–Crippen MR) is 91.1 cm³/mol. The van der Waals surface area contributed by atoms with E-state index in [1.807, 2.05) is 13.0 Å². The maximum Gasteiger partial charge on any atom is 0.118 e. The summed E-state index contributed by atoms with van der Waals surface area (Å²) in [4.78, 5) is 0. The molecule has 0 spiro atoms. The fraction of sp³-hybridized carbons (Fsp3) is 0.600. The first-order valence-corrected chi connectivity index (χ1v) is 8.37. The molecular formula is C20H30O. The van der Waals surface area contributed by atoms with E-state index in [0.29, 0.717) is 23.5 Å². The molecule has 1 heteroatoms. The molecule has 1 N–H and O–H groups in total. The first kappa shape index (κ1) is 16.1. The summed E-state index contributed by atoms with van der Waals surface area (Å²) in [6.45, 7) is 11.0. The Morgan fingerprint density at radius 2 is 2.00 bits per heavy atom. The zero-order valence-electron chi connectivity index (χ0n) is 14.2. The molecule has 116 valence electrons. The van der Waals surface area contributed by atoms with Crippen LogP contribution >= 0.6 is 0 Å². The van der Waals surface area contributed by atoms with E-state index in [0.717, 1.165) is 5.56 Å². The average Bonchev–Trinajstić information content (AvgIpc) is 2.41. The first-order valence-electron chi connectivity index (χ1n) is 8.37. The lowest BCUT2D eigenvalue weighted by atomic mass is 9.71. The van der Waals surface area contributed by atoms with Crippen LogP contribution < -0.4 is 0 Å². The van der Waals surface area contributed by atoms with Crippen LogP contribution in [0.4, 0.5) is 0 Å². The third kappa shape index (κ3) is 3.70. The van der Waals surface area contributed by atoms with Gasteiger partial charge in [0, 0.05) is 0 Å². The minimum Gasteiger partial charge on any atom is -0.508 e. The fourth-order valence-corrected chi connectivity index (χ4v) is 3.65. The monoisotopic (exact) mass is 286 g/mol. The van der Waals surface area contributed by atoms with Gasteiger partial charge in [0.1, 0.15) is 5.75 Å². The lowest BCUT2D eigenvalue weighted by molar-refractivity contribution is 0.368. The van der Waals surface area contributed by atoms with Crippen LogP contribution in [0.25, 0.3) is 0 Å². The highest BCUT2D eigenvalue weighted by Crippen LogP contribution is 2.45. The van der Waals surface area contributed by atoms with Crippen LogP contribution in [0.1, 0.15) is 81.9 Å². The van der Waals surface area contributed by atoms with Gasteiger partial charge in [-0.15, -0.1) is 0 Å². The van der Waals surface area contributed by atoms with Crippen LogP contribution in [0.3, 0.4) is 0 Å². The normalized spacial score (nSPS) is 22.5. The Morgan fingerprint density at radius 3 is 2.67 bits per heavy atom. The van der Waals surface area contributed by atoms with Gasteiger partial charge in [-0.2, -0.15) is 0 Å². The van der Waals surface area contributed by atoms with E-state index in [1.54, 1.807) is 0 Å². The minimum absolute atomic E-state index is 0.457. The molecule has 1 aliphatic rings. The summed E-state index contributed by atoms with van der Waals surface area (Å²) in [5.41, 5.74) is 5.31. The number of aryl methyl sites for hydroxylation is 1. The van der Waals surface area contributed by atoms with Crippen LogP contribution in [-0.2, 0) is 0 Å². The third-order valence-corrected chi connectivity index (χ3v) is 5.10. The van der Waals surface area contributed by atoms with Gasteiger partial charge in [-0.25, -0.2) is 0 Å². The van der Waals surface area contributed by atoms with Gasteiger partial charge in [0.15, 0.2) is 0 Å². The van der Waals surface area contributed by atoms with Gasteiger partial charge in [-0.3, -0.25) is 0 Å². The van der Waals surface area contributed by atoms with E-state index in [9.17, 15) is 5.11 Å². The van der Waals surface area contributed by atoms with Crippen molar-refractivity contribution in [1.29, 1.82) is 0 Å². The Hall–Kier alpha value is -1.24. The molecule has 0 heterocycles. The van der Waals surface area contributed by atoms with Crippen molar-refractivity contribution in [2.45, 2.75) is 72.1 Å². The molecule has 1 aromatic carbocycles. The number of allylic oxidation sites excluding steroid dienone is 2. The molecule has 21 heavy (non-hydrogen) atoms. The quantitative estimate of drug-likeness (QED) is 0.666. The number of hydrogen-bond donors (Lipinski definition) is 1. The second-order valence-electron chi connectivity index (χ2n) is 7.19. The van der Waals surface area contributed by atoms with E-state index in [-0.39, 0.29) is 0 Å². The Balaban J connectivity index is 2.21. The van der Waals surface area contributed by atoms with Crippen molar-refractivity contribution in [2.75, 3.05) is 0 Å². The molecule has 0 bridgehead atoms. The molecule has 0 radical (unpaired) electrons. The largest absolute Gasteiger partial charge is 0.508 e. The molecule has 0 saturated carbocycles. The molecule has 1 aromatic rings. The number of rotatable bonds is 4. The van der Waals surface area contributed by atoms with Crippen molar-refractivity contribution in [3.8, 4) is 5.75 Å². The van der Waals surface area contributed by atoms with Gasteiger partial charge in [0.05, 0.1) is 0 Å². The van der Waals surface area contributed by atoms with E-state index < -0.39 is 0 Å². The molecule has 3 atom stereocenters. The number of benzene rings is 1. The second kappa shape index (κ2) is 6.68. The highest BCUT2D eigenvalue weighted by Gasteiger charge is 2.29. The summed E-state index contributed by atoms with van der Waals surface area (Å²) in [6, 6.07) is 4.26. The van der Waals surface area contributed by atoms with Crippen molar-refractivity contribution in [3.63, 3.8) is 0 Å². The smallest absolute Gasteiger partial charge is 0.118 e. The molecule has 0 fully saturated rings. The van der Waals surface area contributed by atoms with E-state index in [2.05, 4.69) is 39.8 Å². The minimum atomic E-state index is 0.457. The summed E-state index contributed by atoms with van der Waals surface area (Å²) in [7, 11) is 0. The number of hydrogen-bond acceptors (Lipinski definition) is 1. The molecule has 1 nitrogen and oxygen atoms in total. The summed E-state index contributed by atoms with van der Waals surface area (Å²) in [6.07, 6.45) is 7.32. The van der Waals surface area contributed by atoms with Gasteiger partial charge in [-0.05, 0) is 87.0 Å². The maximum atomic E-state index is 10.0. The topological polar surface area (TPSA) is 20.2 Å². The van der Waals surface area contributed by atoms with Crippen molar-refractivity contribution in [2.24, 2.45) is 5.92 Å². The predicted octanol–water partition coefficient (Wildman–Crippen LogP) is 6.06. The van der Waals surface area contributed by atoms with Crippen molar-refractivity contribution >= 4 is 0 Å². The third-order valence-electron chi connectivity index (χ3n) is 5.10. The summed E-state index contributed by atoms with van der Waals surface area (Å²) < 4.78 is 0. The Bertz CT molecular complexity index is 523.